The molecular weight excluding hydrogens is 404 g/mol. The standard InChI is InChI=1S/C17H18F4N4O2.ClH/c18-10-1-2-13-11(7-10)12(8-15(26)24-13)16(27)23-9-14(17(19,20)21)25-5-3-22-4-6-25;/h1-2,7-8,14,22H,3-6,9H2,(H,23,27)(H,24,26);1H. The van der Waals surface area contributed by atoms with Gasteiger partial charge in [0.1, 0.15) is 11.9 Å². The van der Waals surface area contributed by atoms with Gasteiger partial charge in [-0.25, -0.2) is 4.39 Å². The Kier molecular flexibility index (Phi) is 7.02. The minimum absolute atomic E-state index is 0. The minimum atomic E-state index is -4.52. The Morgan fingerprint density at radius 3 is 2.54 bits per heavy atom. The van der Waals surface area contributed by atoms with Gasteiger partial charge in [-0.05, 0) is 18.2 Å². The molecule has 2 heterocycles. The van der Waals surface area contributed by atoms with Crippen molar-refractivity contribution in [3.63, 3.8) is 0 Å². The molecule has 0 aliphatic carbocycles. The zero-order valence-corrected chi connectivity index (χ0v) is 15.4. The molecule has 3 rings (SSSR count). The zero-order valence-electron chi connectivity index (χ0n) is 14.6. The number of aromatic nitrogens is 1. The SMILES string of the molecule is Cl.O=C(NCC(N1CCNCC1)C(F)(F)F)c1cc(=O)[nH]c2ccc(F)cc12. The van der Waals surface area contributed by atoms with Crippen molar-refractivity contribution in [1.82, 2.24) is 20.5 Å². The summed E-state index contributed by atoms with van der Waals surface area (Å²) in [4.78, 5) is 27.9. The molecule has 0 saturated carbocycles. The fraction of sp³-hybridized carbons (Fsp3) is 0.412. The van der Waals surface area contributed by atoms with Gasteiger partial charge < -0.3 is 15.6 Å². The van der Waals surface area contributed by atoms with Gasteiger partial charge in [-0.15, -0.1) is 12.4 Å². The van der Waals surface area contributed by atoms with Crippen molar-refractivity contribution in [3.05, 3.63) is 46.0 Å². The molecule has 11 heteroatoms. The average molecular weight is 423 g/mol. The van der Waals surface area contributed by atoms with Crippen molar-refractivity contribution >= 4 is 29.2 Å². The maximum absolute atomic E-state index is 13.5. The van der Waals surface area contributed by atoms with Crippen LogP contribution >= 0.6 is 12.4 Å². The first-order valence-electron chi connectivity index (χ1n) is 8.38. The van der Waals surface area contributed by atoms with Gasteiger partial charge in [0.15, 0.2) is 0 Å². The lowest BCUT2D eigenvalue weighted by atomic mass is 10.1. The van der Waals surface area contributed by atoms with E-state index in [0.717, 1.165) is 18.2 Å². The number of aromatic amines is 1. The van der Waals surface area contributed by atoms with E-state index in [9.17, 15) is 27.2 Å². The van der Waals surface area contributed by atoms with E-state index >= 15 is 0 Å². The Morgan fingerprint density at radius 1 is 1.21 bits per heavy atom. The Bertz CT molecular complexity index is 897. The second-order valence-corrected chi connectivity index (χ2v) is 6.29. The topological polar surface area (TPSA) is 77.2 Å². The van der Waals surface area contributed by atoms with Gasteiger partial charge in [0.2, 0.25) is 5.56 Å². The molecule has 1 atom stereocenters. The van der Waals surface area contributed by atoms with Crippen molar-refractivity contribution in [3.8, 4) is 0 Å². The molecule has 28 heavy (non-hydrogen) atoms. The van der Waals surface area contributed by atoms with E-state index in [2.05, 4.69) is 15.6 Å². The Labute approximate surface area is 163 Å². The molecule has 0 bridgehead atoms. The molecule has 6 nitrogen and oxygen atoms in total. The number of carbonyl (C=O) groups excluding carboxylic acids is 1. The third kappa shape index (κ3) is 5.00. The summed E-state index contributed by atoms with van der Waals surface area (Å²) in [7, 11) is 0. The quantitative estimate of drug-likeness (QED) is 0.655. The number of H-pyrrole nitrogens is 1. The number of benzene rings is 1. The van der Waals surface area contributed by atoms with Gasteiger partial charge in [-0.3, -0.25) is 14.5 Å². The van der Waals surface area contributed by atoms with E-state index in [1.165, 1.54) is 11.0 Å². The van der Waals surface area contributed by atoms with Crippen LogP contribution in [-0.2, 0) is 0 Å². The number of pyridine rings is 1. The smallest absolute Gasteiger partial charge is 0.350 e. The molecule has 2 aromatic rings. The van der Waals surface area contributed by atoms with Crippen LogP contribution in [0.5, 0.6) is 0 Å². The molecule has 1 saturated heterocycles. The van der Waals surface area contributed by atoms with Crippen molar-refractivity contribution < 1.29 is 22.4 Å². The predicted octanol–water partition coefficient (Wildman–Crippen LogP) is 1.65. The Morgan fingerprint density at radius 2 is 1.89 bits per heavy atom. The van der Waals surface area contributed by atoms with Crippen molar-refractivity contribution in [2.24, 2.45) is 0 Å². The number of carbonyl (C=O) groups is 1. The number of amides is 1. The highest BCUT2D eigenvalue weighted by atomic mass is 35.5. The predicted molar refractivity (Wildman–Crippen MR) is 98.4 cm³/mol. The number of piperazine rings is 1. The lowest BCUT2D eigenvalue weighted by Gasteiger charge is -2.35. The zero-order chi connectivity index (χ0) is 19.6. The fourth-order valence-corrected chi connectivity index (χ4v) is 3.14. The molecule has 154 valence electrons. The number of nitrogens with zero attached hydrogens (tertiary/aromatic N) is 1. The van der Waals surface area contributed by atoms with Gasteiger partial charge >= 0.3 is 6.18 Å². The number of hydrogen-bond acceptors (Lipinski definition) is 4. The fourth-order valence-electron chi connectivity index (χ4n) is 3.14. The normalized spacial score (nSPS) is 16.4. The number of halogens is 5. The largest absolute Gasteiger partial charge is 0.405 e. The van der Waals surface area contributed by atoms with Crippen LogP contribution < -0.4 is 16.2 Å². The first-order chi connectivity index (χ1) is 12.8. The molecule has 1 amide bonds. The van der Waals surface area contributed by atoms with E-state index in [0.29, 0.717) is 13.1 Å². The third-order valence-corrected chi connectivity index (χ3v) is 4.48. The van der Waals surface area contributed by atoms with Crippen LogP contribution in [0.15, 0.2) is 29.1 Å². The van der Waals surface area contributed by atoms with Crippen molar-refractivity contribution in [1.29, 1.82) is 0 Å². The second-order valence-electron chi connectivity index (χ2n) is 6.29. The van der Waals surface area contributed by atoms with Crippen LogP contribution in [0.2, 0.25) is 0 Å². The van der Waals surface area contributed by atoms with Crippen LogP contribution in [0, 0.1) is 5.82 Å². The van der Waals surface area contributed by atoms with Crippen LogP contribution in [-0.4, -0.2) is 60.7 Å². The van der Waals surface area contributed by atoms with Crippen LogP contribution in [0.3, 0.4) is 0 Å². The monoisotopic (exact) mass is 422 g/mol. The summed E-state index contributed by atoms with van der Waals surface area (Å²) in [6.07, 6.45) is -4.52. The van der Waals surface area contributed by atoms with Crippen molar-refractivity contribution in [2.45, 2.75) is 12.2 Å². The van der Waals surface area contributed by atoms with Crippen LogP contribution in [0.1, 0.15) is 10.4 Å². The lowest BCUT2D eigenvalue weighted by Crippen LogP contribution is -2.57. The number of hydrogen-bond donors (Lipinski definition) is 3. The number of fused-ring (bicyclic) bond motifs is 1. The molecule has 1 aromatic heterocycles. The molecule has 3 N–H and O–H groups in total. The molecule has 1 aliphatic rings. The first-order valence-corrected chi connectivity index (χ1v) is 8.38. The van der Waals surface area contributed by atoms with Crippen LogP contribution in [0.4, 0.5) is 17.6 Å². The van der Waals surface area contributed by atoms with Crippen LogP contribution in [0.25, 0.3) is 10.9 Å². The summed E-state index contributed by atoms with van der Waals surface area (Å²) < 4.78 is 53.7. The summed E-state index contributed by atoms with van der Waals surface area (Å²) in [5.74, 6) is -1.49. The van der Waals surface area contributed by atoms with E-state index < -0.39 is 36.0 Å². The van der Waals surface area contributed by atoms with Gasteiger partial charge in [-0.2, -0.15) is 13.2 Å². The van der Waals surface area contributed by atoms with E-state index in [-0.39, 0.29) is 42.0 Å². The van der Waals surface area contributed by atoms with Gasteiger partial charge in [-0.1, -0.05) is 0 Å². The second kappa shape index (κ2) is 8.89. The summed E-state index contributed by atoms with van der Waals surface area (Å²) >= 11 is 0. The number of rotatable bonds is 4. The summed E-state index contributed by atoms with van der Waals surface area (Å²) in [6, 6.07) is 2.57. The third-order valence-electron chi connectivity index (χ3n) is 4.48. The van der Waals surface area contributed by atoms with E-state index in [1.54, 1.807) is 0 Å². The molecular formula is C17H19ClF4N4O2. The molecule has 0 radical (unpaired) electrons. The maximum Gasteiger partial charge on any atom is 0.405 e. The number of alkyl halides is 3. The molecule has 0 spiro atoms. The van der Waals surface area contributed by atoms with Crippen molar-refractivity contribution in [2.75, 3.05) is 32.7 Å². The highest BCUT2D eigenvalue weighted by Gasteiger charge is 2.43. The molecule has 1 fully saturated rings. The average Bonchev–Trinajstić information content (AvgIpc) is 2.61. The van der Waals surface area contributed by atoms with Gasteiger partial charge in [0.05, 0.1) is 5.56 Å². The Hall–Kier alpha value is -2.17. The molecule has 1 unspecified atom stereocenters. The highest BCUT2D eigenvalue weighted by molar-refractivity contribution is 6.05. The first kappa shape index (κ1) is 22.1. The van der Waals surface area contributed by atoms with Gasteiger partial charge in [0.25, 0.3) is 5.91 Å². The summed E-state index contributed by atoms with van der Waals surface area (Å²) in [5, 5.41) is 5.34. The molecule has 1 aromatic carbocycles. The van der Waals surface area contributed by atoms with E-state index in [1.807, 2.05) is 0 Å². The highest BCUT2D eigenvalue weighted by Crippen LogP contribution is 2.25. The maximum atomic E-state index is 13.5. The Balaban J connectivity index is 0.00000280. The minimum Gasteiger partial charge on any atom is -0.350 e. The molecule has 1 aliphatic heterocycles. The number of nitrogens with one attached hydrogen (secondary N) is 3. The lowest BCUT2D eigenvalue weighted by molar-refractivity contribution is -0.183. The van der Waals surface area contributed by atoms with E-state index in [4.69, 9.17) is 0 Å². The summed E-state index contributed by atoms with van der Waals surface area (Å²) in [5.41, 5.74) is -0.549. The summed E-state index contributed by atoms with van der Waals surface area (Å²) in [6.45, 7) is 0.612. The van der Waals surface area contributed by atoms with Gasteiger partial charge in [0, 0.05) is 49.7 Å².